The highest BCUT2D eigenvalue weighted by Gasteiger charge is 2.28. The van der Waals surface area contributed by atoms with Crippen LogP contribution in [-0.2, 0) is 0 Å². The lowest BCUT2D eigenvalue weighted by molar-refractivity contribution is 0.104. The highest BCUT2D eigenvalue weighted by atomic mass is 15.2. The van der Waals surface area contributed by atoms with Crippen LogP contribution in [0.3, 0.4) is 0 Å². The average Bonchev–Trinajstić information content (AvgIpc) is 2.89. The Hall–Kier alpha value is -0.0800. The molecule has 18 heavy (non-hydrogen) atoms. The first-order valence-electron chi connectivity index (χ1n) is 8.18. The first kappa shape index (κ1) is 14.3. The van der Waals surface area contributed by atoms with Crippen LogP contribution in [0.5, 0.6) is 0 Å². The quantitative estimate of drug-likeness (QED) is 0.808. The summed E-state index contributed by atoms with van der Waals surface area (Å²) in [6, 6.07) is 1.48. The van der Waals surface area contributed by atoms with Gasteiger partial charge in [0.15, 0.2) is 0 Å². The number of nitrogens with one attached hydrogen (secondary N) is 1. The van der Waals surface area contributed by atoms with E-state index in [1.54, 1.807) is 0 Å². The molecular weight excluding hydrogens is 220 g/mol. The van der Waals surface area contributed by atoms with E-state index in [0.29, 0.717) is 6.04 Å². The van der Waals surface area contributed by atoms with Crippen molar-refractivity contribution in [2.24, 2.45) is 11.8 Å². The third-order valence-electron chi connectivity index (χ3n) is 5.14. The molecule has 2 heteroatoms. The van der Waals surface area contributed by atoms with E-state index in [2.05, 4.69) is 31.0 Å². The second kappa shape index (κ2) is 6.91. The smallest absolute Gasteiger partial charge is 0.0218 e. The van der Waals surface area contributed by atoms with E-state index in [-0.39, 0.29) is 0 Å². The highest BCUT2D eigenvalue weighted by Crippen LogP contribution is 2.28. The van der Waals surface area contributed by atoms with Gasteiger partial charge in [0.1, 0.15) is 0 Å². The molecule has 0 bridgehead atoms. The molecule has 2 rings (SSSR count). The van der Waals surface area contributed by atoms with Gasteiger partial charge in [-0.2, -0.15) is 0 Å². The van der Waals surface area contributed by atoms with Crippen LogP contribution in [0.2, 0.25) is 0 Å². The van der Waals surface area contributed by atoms with Crippen molar-refractivity contribution in [2.45, 2.75) is 71.4 Å². The Morgan fingerprint density at radius 2 is 1.94 bits per heavy atom. The lowest BCUT2D eigenvalue weighted by Crippen LogP contribution is -2.58. The predicted octanol–water partition coefficient (Wildman–Crippen LogP) is 3.28. The van der Waals surface area contributed by atoms with Crippen LogP contribution in [-0.4, -0.2) is 36.6 Å². The van der Waals surface area contributed by atoms with Crippen LogP contribution < -0.4 is 5.32 Å². The van der Waals surface area contributed by atoms with E-state index in [0.717, 1.165) is 17.9 Å². The standard InChI is InChI=1S/C16H32N2/c1-4-15-11-17-16(13(2)3)12-18(15)10-9-14-7-5-6-8-14/h13-17H,4-12H2,1-3H3. The van der Waals surface area contributed by atoms with E-state index < -0.39 is 0 Å². The maximum absolute atomic E-state index is 3.74. The molecule has 0 amide bonds. The first-order chi connectivity index (χ1) is 8.70. The molecule has 0 spiro atoms. The summed E-state index contributed by atoms with van der Waals surface area (Å²) in [5.74, 6) is 1.80. The van der Waals surface area contributed by atoms with Gasteiger partial charge in [-0.05, 0) is 31.2 Å². The lowest BCUT2D eigenvalue weighted by Gasteiger charge is -2.42. The molecule has 1 aliphatic heterocycles. The SMILES string of the molecule is CCC1CNC(C(C)C)CN1CCC1CCCC1. The minimum atomic E-state index is 0.705. The lowest BCUT2D eigenvalue weighted by atomic mass is 9.97. The van der Waals surface area contributed by atoms with Gasteiger partial charge in [-0.1, -0.05) is 46.5 Å². The first-order valence-corrected chi connectivity index (χ1v) is 8.18. The van der Waals surface area contributed by atoms with Gasteiger partial charge in [-0.3, -0.25) is 4.90 Å². The Morgan fingerprint density at radius 1 is 1.22 bits per heavy atom. The van der Waals surface area contributed by atoms with Crippen molar-refractivity contribution in [3.63, 3.8) is 0 Å². The van der Waals surface area contributed by atoms with Crippen molar-refractivity contribution in [3.05, 3.63) is 0 Å². The molecule has 1 heterocycles. The van der Waals surface area contributed by atoms with E-state index in [1.807, 2.05) is 0 Å². The van der Waals surface area contributed by atoms with Crippen molar-refractivity contribution in [3.8, 4) is 0 Å². The Labute approximate surface area is 114 Å². The second-order valence-electron chi connectivity index (χ2n) is 6.75. The van der Waals surface area contributed by atoms with Gasteiger partial charge in [-0.25, -0.2) is 0 Å². The van der Waals surface area contributed by atoms with Gasteiger partial charge in [0.05, 0.1) is 0 Å². The molecule has 0 aromatic carbocycles. The fraction of sp³-hybridized carbons (Fsp3) is 1.00. The summed E-state index contributed by atoms with van der Waals surface area (Å²) in [7, 11) is 0. The molecule has 0 aromatic heterocycles. The zero-order valence-corrected chi connectivity index (χ0v) is 12.6. The van der Waals surface area contributed by atoms with Crippen molar-refractivity contribution in [2.75, 3.05) is 19.6 Å². The summed E-state index contributed by atoms with van der Waals surface area (Å²) < 4.78 is 0. The summed E-state index contributed by atoms with van der Waals surface area (Å²) >= 11 is 0. The minimum absolute atomic E-state index is 0.705. The molecule has 2 atom stereocenters. The van der Waals surface area contributed by atoms with Gasteiger partial charge in [0, 0.05) is 25.2 Å². The normalized spacial score (nSPS) is 31.3. The molecule has 2 fully saturated rings. The van der Waals surface area contributed by atoms with E-state index in [4.69, 9.17) is 0 Å². The zero-order valence-electron chi connectivity index (χ0n) is 12.6. The zero-order chi connectivity index (χ0) is 13.0. The maximum Gasteiger partial charge on any atom is 0.0218 e. The molecule has 1 saturated heterocycles. The van der Waals surface area contributed by atoms with Gasteiger partial charge < -0.3 is 5.32 Å². The molecule has 1 aliphatic carbocycles. The van der Waals surface area contributed by atoms with Crippen LogP contribution in [0, 0.1) is 11.8 Å². The van der Waals surface area contributed by atoms with Crippen LogP contribution in [0.15, 0.2) is 0 Å². The molecule has 0 radical (unpaired) electrons. The summed E-state index contributed by atoms with van der Waals surface area (Å²) in [4.78, 5) is 2.78. The summed E-state index contributed by atoms with van der Waals surface area (Å²) in [5, 5.41) is 3.74. The molecule has 2 aliphatic rings. The number of piperazine rings is 1. The maximum atomic E-state index is 3.74. The van der Waals surface area contributed by atoms with Crippen LogP contribution in [0.4, 0.5) is 0 Å². The monoisotopic (exact) mass is 252 g/mol. The second-order valence-corrected chi connectivity index (χ2v) is 6.75. The van der Waals surface area contributed by atoms with Gasteiger partial charge in [0.25, 0.3) is 0 Å². The Kier molecular flexibility index (Phi) is 5.50. The van der Waals surface area contributed by atoms with Crippen molar-refractivity contribution in [1.29, 1.82) is 0 Å². The number of hydrogen-bond acceptors (Lipinski definition) is 2. The van der Waals surface area contributed by atoms with Gasteiger partial charge >= 0.3 is 0 Å². The molecule has 2 unspecified atom stereocenters. The highest BCUT2D eigenvalue weighted by molar-refractivity contribution is 4.87. The third kappa shape index (κ3) is 3.71. The van der Waals surface area contributed by atoms with Crippen LogP contribution >= 0.6 is 0 Å². The van der Waals surface area contributed by atoms with Crippen LogP contribution in [0.25, 0.3) is 0 Å². The largest absolute Gasteiger partial charge is 0.311 e. The van der Waals surface area contributed by atoms with Crippen molar-refractivity contribution >= 4 is 0 Å². The number of rotatable bonds is 5. The third-order valence-corrected chi connectivity index (χ3v) is 5.14. The fourth-order valence-corrected chi connectivity index (χ4v) is 3.65. The summed E-state index contributed by atoms with van der Waals surface area (Å²) in [6.45, 7) is 10.8. The molecule has 106 valence electrons. The minimum Gasteiger partial charge on any atom is -0.311 e. The number of nitrogens with zero attached hydrogens (tertiary/aromatic N) is 1. The molecule has 0 aromatic rings. The Morgan fingerprint density at radius 3 is 2.56 bits per heavy atom. The molecule has 1 saturated carbocycles. The topological polar surface area (TPSA) is 15.3 Å². The Bertz CT molecular complexity index is 233. The molecule has 2 nitrogen and oxygen atoms in total. The van der Waals surface area contributed by atoms with Crippen LogP contribution in [0.1, 0.15) is 59.3 Å². The van der Waals surface area contributed by atoms with E-state index in [1.165, 1.54) is 58.2 Å². The fourth-order valence-electron chi connectivity index (χ4n) is 3.65. The van der Waals surface area contributed by atoms with Crippen molar-refractivity contribution in [1.82, 2.24) is 10.2 Å². The van der Waals surface area contributed by atoms with Gasteiger partial charge in [0.2, 0.25) is 0 Å². The number of hydrogen-bond donors (Lipinski definition) is 1. The van der Waals surface area contributed by atoms with Gasteiger partial charge in [-0.15, -0.1) is 0 Å². The van der Waals surface area contributed by atoms with Crippen molar-refractivity contribution < 1.29 is 0 Å². The van der Waals surface area contributed by atoms with E-state index >= 15 is 0 Å². The average molecular weight is 252 g/mol. The molecule has 1 N–H and O–H groups in total. The predicted molar refractivity (Wildman–Crippen MR) is 78.9 cm³/mol. The molecular formula is C16H32N2. The Balaban J connectivity index is 1.81. The van der Waals surface area contributed by atoms with E-state index in [9.17, 15) is 0 Å². The summed E-state index contributed by atoms with van der Waals surface area (Å²) in [6.07, 6.45) is 8.70. The summed E-state index contributed by atoms with van der Waals surface area (Å²) in [5.41, 5.74) is 0.